The van der Waals surface area contributed by atoms with Crippen LogP contribution >= 0.6 is 0 Å². The smallest absolute Gasteiger partial charge is 0.198 e. The monoisotopic (exact) mass is 343 g/mol. The van der Waals surface area contributed by atoms with Crippen LogP contribution in [0, 0.1) is 0 Å². The number of aliphatic imine (C=N–C) groups is 1. The number of anilines is 1. The Morgan fingerprint density at radius 1 is 1.00 bits per heavy atom. The number of rotatable bonds is 2. The van der Waals surface area contributed by atoms with Crippen LogP contribution in [0.3, 0.4) is 0 Å². The van der Waals surface area contributed by atoms with Gasteiger partial charge in [0.2, 0.25) is 0 Å². The molecule has 0 spiro atoms. The van der Waals surface area contributed by atoms with E-state index >= 15 is 0 Å². The number of nitrogens with one attached hydrogen (secondary N) is 1. The molecule has 3 aromatic rings. The Morgan fingerprint density at radius 3 is 2.62 bits per heavy atom. The number of nitrogens with two attached hydrogens (primary N) is 1. The molecular weight excluding hydrogens is 318 g/mol. The SMILES string of the molecule is CC(C)(C)c1cccc(NC(N)=Nc2ccc3cccc4c3c2CC4)c1. The van der Waals surface area contributed by atoms with Crippen LogP contribution in [0.4, 0.5) is 11.4 Å². The van der Waals surface area contributed by atoms with E-state index in [-0.39, 0.29) is 5.41 Å². The molecule has 0 atom stereocenters. The van der Waals surface area contributed by atoms with Gasteiger partial charge in [0.1, 0.15) is 0 Å². The molecule has 132 valence electrons. The summed E-state index contributed by atoms with van der Waals surface area (Å²) < 4.78 is 0. The van der Waals surface area contributed by atoms with E-state index in [9.17, 15) is 0 Å². The first-order valence-electron chi connectivity index (χ1n) is 9.17. The van der Waals surface area contributed by atoms with E-state index in [1.165, 1.54) is 27.5 Å². The molecule has 3 nitrogen and oxygen atoms in total. The molecule has 0 heterocycles. The van der Waals surface area contributed by atoms with Gasteiger partial charge >= 0.3 is 0 Å². The van der Waals surface area contributed by atoms with Gasteiger partial charge in [0.25, 0.3) is 0 Å². The minimum atomic E-state index is 0.101. The molecule has 0 bridgehead atoms. The van der Waals surface area contributed by atoms with E-state index in [1.54, 1.807) is 0 Å². The van der Waals surface area contributed by atoms with E-state index in [0.29, 0.717) is 5.96 Å². The minimum Gasteiger partial charge on any atom is -0.369 e. The molecule has 0 unspecified atom stereocenters. The Labute approximate surface area is 155 Å². The molecule has 3 aromatic carbocycles. The van der Waals surface area contributed by atoms with Gasteiger partial charge in [0.05, 0.1) is 5.69 Å². The molecule has 0 aromatic heterocycles. The lowest BCUT2D eigenvalue weighted by atomic mass is 9.87. The zero-order valence-electron chi connectivity index (χ0n) is 15.6. The number of aryl methyl sites for hydroxylation is 2. The molecule has 3 heteroatoms. The summed E-state index contributed by atoms with van der Waals surface area (Å²) in [5.74, 6) is 0.427. The molecule has 0 aliphatic heterocycles. The fourth-order valence-corrected chi connectivity index (χ4v) is 3.72. The topological polar surface area (TPSA) is 50.4 Å². The van der Waals surface area contributed by atoms with E-state index in [2.05, 4.69) is 79.6 Å². The maximum atomic E-state index is 6.22. The van der Waals surface area contributed by atoms with Crippen molar-refractivity contribution < 1.29 is 0 Å². The van der Waals surface area contributed by atoms with Crippen LogP contribution in [0.15, 0.2) is 59.6 Å². The van der Waals surface area contributed by atoms with E-state index in [1.807, 2.05) is 6.07 Å². The fraction of sp³-hybridized carbons (Fsp3) is 0.261. The molecule has 0 amide bonds. The summed E-state index contributed by atoms with van der Waals surface area (Å²) in [6.07, 6.45) is 2.11. The maximum absolute atomic E-state index is 6.22. The Hall–Kier alpha value is -2.81. The van der Waals surface area contributed by atoms with Crippen LogP contribution in [0.5, 0.6) is 0 Å². The van der Waals surface area contributed by atoms with Crippen LogP contribution in [0.2, 0.25) is 0 Å². The normalized spacial score (nSPS) is 14.0. The van der Waals surface area contributed by atoms with Gasteiger partial charge in [-0.25, -0.2) is 4.99 Å². The van der Waals surface area contributed by atoms with Gasteiger partial charge in [0.15, 0.2) is 5.96 Å². The highest BCUT2D eigenvalue weighted by atomic mass is 15.1. The van der Waals surface area contributed by atoms with Crippen molar-refractivity contribution in [2.45, 2.75) is 39.0 Å². The summed E-state index contributed by atoms with van der Waals surface area (Å²) in [7, 11) is 0. The molecule has 4 rings (SSSR count). The standard InChI is InChI=1S/C23H25N3/c1-23(2,3)17-8-5-9-18(14-17)25-22(24)26-20-13-11-16-7-4-6-15-10-12-19(20)21(15)16/h4-9,11,13-14H,10,12H2,1-3H3,(H3,24,25,26). The zero-order chi connectivity index (χ0) is 18.3. The van der Waals surface area contributed by atoms with Crippen molar-refractivity contribution in [2.24, 2.45) is 10.7 Å². The van der Waals surface area contributed by atoms with Crippen molar-refractivity contribution in [2.75, 3.05) is 5.32 Å². The van der Waals surface area contributed by atoms with E-state index < -0.39 is 0 Å². The average molecular weight is 343 g/mol. The number of hydrogen-bond acceptors (Lipinski definition) is 1. The van der Waals surface area contributed by atoms with Gasteiger partial charge in [-0.05, 0) is 63.9 Å². The minimum absolute atomic E-state index is 0.101. The summed E-state index contributed by atoms with van der Waals surface area (Å²) >= 11 is 0. The molecule has 0 fully saturated rings. The highest BCUT2D eigenvalue weighted by molar-refractivity contribution is 5.98. The van der Waals surface area contributed by atoms with E-state index in [0.717, 1.165) is 24.2 Å². The summed E-state index contributed by atoms with van der Waals surface area (Å²) in [5, 5.41) is 5.89. The number of benzene rings is 3. The average Bonchev–Trinajstić information content (AvgIpc) is 3.03. The number of hydrogen-bond donors (Lipinski definition) is 2. The Balaban J connectivity index is 1.65. The maximum Gasteiger partial charge on any atom is 0.198 e. The lowest BCUT2D eigenvalue weighted by molar-refractivity contribution is 0.590. The van der Waals surface area contributed by atoms with Gasteiger partial charge < -0.3 is 11.1 Å². The summed E-state index contributed by atoms with van der Waals surface area (Å²) in [6, 6.07) is 19.1. The number of nitrogens with zero attached hydrogens (tertiary/aromatic N) is 1. The first-order chi connectivity index (χ1) is 12.4. The third kappa shape index (κ3) is 3.05. The summed E-state index contributed by atoms with van der Waals surface area (Å²) in [4.78, 5) is 4.68. The highest BCUT2D eigenvalue weighted by Crippen LogP contribution is 2.36. The lowest BCUT2D eigenvalue weighted by Crippen LogP contribution is -2.22. The zero-order valence-corrected chi connectivity index (χ0v) is 15.6. The van der Waals surface area contributed by atoms with Gasteiger partial charge in [-0.3, -0.25) is 0 Å². The first-order valence-corrected chi connectivity index (χ1v) is 9.17. The third-order valence-electron chi connectivity index (χ3n) is 5.10. The summed E-state index contributed by atoms with van der Waals surface area (Å²) in [5.41, 5.74) is 12.3. The molecular formula is C23H25N3. The molecule has 0 saturated heterocycles. The van der Waals surface area contributed by atoms with Crippen molar-refractivity contribution in [1.82, 2.24) is 0 Å². The van der Waals surface area contributed by atoms with Gasteiger partial charge in [-0.2, -0.15) is 0 Å². The fourth-order valence-electron chi connectivity index (χ4n) is 3.72. The van der Waals surface area contributed by atoms with Crippen molar-refractivity contribution >= 4 is 28.1 Å². The molecule has 0 saturated carbocycles. The molecule has 0 radical (unpaired) electrons. The highest BCUT2D eigenvalue weighted by Gasteiger charge is 2.17. The van der Waals surface area contributed by atoms with Crippen molar-refractivity contribution in [3.63, 3.8) is 0 Å². The van der Waals surface area contributed by atoms with Gasteiger partial charge in [-0.15, -0.1) is 0 Å². The predicted octanol–water partition coefficient (Wildman–Crippen LogP) is 5.29. The Bertz CT molecular complexity index is 1010. The quantitative estimate of drug-likeness (QED) is 0.490. The molecule has 1 aliphatic rings. The van der Waals surface area contributed by atoms with Crippen LogP contribution < -0.4 is 11.1 Å². The van der Waals surface area contributed by atoms with Crippen molar-refractivity contribution in [3.05, 3.63) is 71.3 Å². The van der Waals surface area contributed by atoms with Crippen LogP contribution in [0.1, 0.15) is 37.5 Å². The van der Waals surface area contributed by atoms with Crippen molar-refractivity contribution in [3.8, 4) is 0 Å². The second kappa shape index (κ2) is 6.17. The summed E-state index contributed by atoms with van der Waals surface area (Å²) in [6.45, 7) is 6.62. The molecule has 26 heavy (non-hydrogen) atoms. The van der Waals surface area contributed by atoms with Crippen molar-refractivity contribution in [1.29, 1.82) is 0 Å². The van der Waals surface area contributed by atoms with Crippen LogP contribution in [0.25, 0.3) is 10.8 Å². The Kier molecular flexibility index (Phi) is 3.95. The number of guanidine groups is 1. The molecule has 3 N–H and O–H groups in total. The van der Waals surface area contributed by atoms with Crippen LogP contribution in [-0.2, 0) is 18.3 Å². The second-order valence-corrected chi connectivity index (χ2v) is 8.03. The Morgan fingerprint density at radius 2 is 1.81 bits per heavy atom. The van der Waals surface area contributed by atoms with Crippen LogP contribution in [-0.4, -0.2) is 5.96 Å². The van der Waals surface area contributed by atoms with Gasteiger partial charge in [0, 0.05) is 5.69 Å². The predicted molar refractivity (Wildman–Crippen MR) is 111 cm³/mol. The van der Waals surface area contributed by atoms with Gasteiger partial charge in [-0.1, -0.05) is 57.2 Å². The largest absolute Gasteiger partial charge is 0.369 e. The first kappa shape index (κ1) is 16.6. The third-order valence-corrected chi connectivity index (χ3v) is 5.10. The molecule has 1 aliphatic carbocycles. The second-order valence-electron chi connectivity index (χ2n) is 8.03. The lowest BCUT2D eigenvalue weighted by Gasteiger charge is -2.20. The van der Waals surface area contributed by atoms with E-state index in [4.69, 9.17) is 5.73 Å².